The lowest BCUT2D eigenvalue weighted by Crippen LogP contribution is -2.24. The van der Waals surface area contributed by atoms with Crippen molar-refractivity contribution in [2.24, 2.45) is 0 Å². The molecule has 0 aliphatic carbocycles. The zero-order chi connectivity index (χ0) is 42.8. The molecule has 0 aromatic heterocycles. The fourth-order valence-corrected chi connectivity index (χ4v) is 6.18. The minimum Gasteiger partial charge on any atom is -0.487 e. The quantitative estimate of drug-likeness (QED) is 0.0492. The zero-order valence-corrected chi connectivity index (χ0v) is 36.5. The van der Waals surface area contributed by atoms with Crippen LogP contribution in [0.15, 0.2) is 24.3 Å². The molecule has 4 rings (SSSR count). The van der Waals surface area contributed by atoms with Gasteiger partial charge in [0.05, 0.1) is 99.1 Å². The lowest BCUT2D eigenvalue weighted by atomic mass is 10.2. The van der Waals surface area contributed by atoms with Crippen LogP contribution >= 0.6 is 0 Å². The van der Waals surface area contributed by atoms with Gasteiger partial charge in [-0.3, -0.25) is 0 Å². The SMILES string of the molecule is C=C(C)C(=O)OCc1cc(OCCOCCOCCOC2CCCCO2)c(OCCOCCOCCOC2CCCCO2)c(OCCOCCOCCOC2CCCCO2)c1. The first-order valence-corrected chi connectivity index (χ1v) is 22.1. The number of carbonyl (C=O) groups excluding carboxylic acids is 1. The number of ether oxygens (including phenoxy) is 16. The summed E-state index contributed by atoms with van der Waals surface area (Å²) in [5.41, 5.74) is 0.921. The first kappa shape index (κ1) is 51.0. The predicted molar refractivity (Wildman–Crippen MR) is 221 cm³/mol. The molecule has 61 heavy (non-hydrogen) atoms. The number of hydrogen-bond acceptors (Lipinski definition) is 17. The van der Waals surface area contributed by atoms with Crippen LogP contribution in [0, 0.1) is 0 Å². The van der Waals surface area contributed by atoms with Gasteiger partial charge in [-0.25, -0.2) is 4.79 Å². The summed E-state index contributed by atoms with van der Waals surface area (Å²) in [6.45, 7) is 14.1. The Morgan fingerprint density at radius 1 is 0.508 bits per heavy atom. The summed E-state index contributed by atoms with van der Waals surface area (Å²) in [6.07, 6.45) is 8.95. The average molecular weight is 873 g/mol. The van der Waals surface area contributed by atoms with Gasteiger partial charge in [0.2, 0.25) is 5.75 Å². The van der Waals surface area contributed by atoms with E-state index in [0.29, 0.717) is 121 Å². The van der Waals surface area contributed by atoms with Crippen LogP contribution in [0.25, 0.3) is 0 Å². The highest BCUT2D eigenvalue weighted by atomic mass is 16.7. The average Bonchev–Trinajstić information content (AvgIpc) is 3.28. The molecule has 350 valence electrons. The summed E-state index contributed by atoms with van der Waals surface area (Å²) < 4.78 is 92.1. The number of hydrogen-bond donors (Lipinski definition) is 0. The Hall–Kier alpha value is -2.65. The molecule has 3 aliphatic heterocycles. The van der Waals surface area contributed by atoms with Gasteiger partial charge in [-0.1, -0.05) is 6.58 Å². The second kappa shape index (κ2) is 33.8. The maximum Gasteiger partial charge on any atom is 0.333 e. The van der Waals surface area contributed by atoms with Crippen LogP contribution < -0.4 is 14.2 Å². The van der Waals surface area contributed by atoms with E-state index in [0.717, 1.165) is 77.6 Å². The minimum absolute atomic E-state index is 0.0324. The largest absolute Gasteiger partial charge is 0.487 e. The molecule has 0 spiro atoms. The number of carbonyl (C=O) groups is 1. The highest BCUT2D eigenvalue weighted by Crippen LogP contribution is 2.39. The zero-order valence-electron chi connectivity index (χ0n) is 36.5. The number of esters is 1. The molecule has 3 aliphatic rings. The lowest BCUT2D eigenvalue weighted by molar-refractivity contribution is -0.169. The van der Waals surface area contributed by atoms with Gasteiger partial charge in [0, 0.05) is 25.4 Å². The van der Waals surface area contributed by atoms with Crippen molar-refractivity contribution in [2.75, 3.05) is 139 Å². The molecule has 17 heteroatoms. The second-order valence-corrected chi connectivity index (χ2v) is 14.5. The van der Waals surface area contributed by atoms with E-state index in [2.05, 4.69) is 6.58 Å². The Labute approximate surface area is 362 Å². The van der Waals surface area contributed by atoms with Gasteiger partial charge in [-0.2, -0.15) is 0 Å². The van der Waals surface area contributed by atoms with Gasteiger partial charge in [0.25, 0.3) is 0 Å². The molecular formula is C44H72O17. The summed E-state index contributed by atoms with van der Waals surface area (Å²) in [4.78, 5) is 12.3. The van der Waals surface area contributed by atoms with E-state index in [1.54, 1.807) is 19.1 Å². The Balaban J connectivity index is 1.21. The summed E-state index contributed by atoms with van der Waals surface area (Å²) in [7, 11) is 0. The van der Waals surface area contributed by atoms with Crippen molar-refractivity contribution in [3.8, 4) is 17.2 Å². The number of benzene rings is 1. The summed E-state index contributed by atoms with van der Waals surface area (Å²) in [6, 6.07) is 3.50. The third-order valence-electron chi connectivity index (χ3n) is 9.37. The molecule has 3 atom stereocenters. The highest BCUT2D eigenvalue weighted by Gasteiger charge is 2.19. The van der Waals surface area contributed by atoms with Crippen LogP contribution in [-0.2, 0) is 73.0 Å². The fourth-order valence-electron chi connectivity index (χ4n) is 6.18. The van der Waals surface area contributed by atoms with Crippen LogP contribution in [0.1, 0.15) is 70.3 Å². The van der Waals surface area contributed by atoms with Crippen molar-refractivity contribution in [3.63, 3.8) is 0 Å². The third-order valence-corrected chi connectivity index (χ3v) is 9.37. The van der Waals surface area contributed by atoms with Crippen molar-refractivity contribution >= 4 is 5.97 Å². The Morgan fingerprint density at radius 2 is 0.852 bits per heavy atom. The minimum atomic E-state index is -0.508. The molecule has 3 heterocycles. The standard InChI is InChI=1S/C44H72O17/c1-36(2)44(45)61-35-37-33-38(52-27-21-46-15-17-48-23-29-57-40-9-3-6-12-54-40)43(60-32-26-51-20-19-50-25-31-59-42-11-5-8-14-56-42)39(34-37)53-28-22-47-16-18-49-24-30-58-41-10-4-7-13-55-41/h33-34,40-42H,1,3-32,35H2,2H3. The first-order valence-electron chi connectivity index (χ1n) is 22.1. The number of rotatable bonds is 36. The third kappa shape index (κ3) is 24.1. The van der Waals surface area contributed by atoms with Gasteiger partial charge in [0.15, 0.2) is 30.4 Å². The lowest BCUT2D eigenvalue weighted by Gasteiger charge is -2.22. The Kier molecular flexibility index (Phi) is 28.3. The fraction of sp³-hybridized carbons (Fsp3) is 0.795. The van der Waals surface area contributed by atoms with Crippen LogP contribution in [0.3, 0.4) is 0 Å². The molecule has 0 bridgehead atoms. The van der Waals surface area contributed by atoms with Gasteiger partial charge >= 0.3 is 5.97 Å². The van der Waals surface area contributed by atoms with Crippen molar-refractivity contribution < 1.29 is 80.6 Å². The molecule has 0 N–H and O–H groups in total. The molecule has 1 aromatic rings. The highest BCUT2D eigenvalue weighted by molar-refractivity contribution is 5.86. The first-order chi connectivity index (χ1) is 30.1. The molecule has 3 saturated heterocycles. The molecule has 0 radical (unpaired) electrons. The molecule has 0 saturated carbocycles. The molecule has 17 nitrogen and oxygen atoms in total. The van der Waals surface area contributed by atoms with Crippen LogP contribution in [0.4, 0.5) is 0 Å². The van der Waals surface area contributed by atoms with E-state index in [1.165, 1.54) is 0 Å². The monoisotopic (exact) mass is 872 g/mol. The maximum absolute atomic E-state index is 12.3. The molecule has 3 unspecified atom stereocenters. The van der Waals surface area contributed by atoms with Crippen molar-refractivity contribution in [1.82, 2.24) is 0 Å². The van der Waals surface area contributed by atoms with Crippen LogP contribution in [-0.4, -0.2) is 164 Å². The Morgan fingerprint density at radius 3 is 1.20 bits per heavy atom. The van der Waals surface area contributed by atoms with Gasteiger partial charge in [-0.05, 0) is 82.4 Å². The van der Waals surface area contributed by atoms with Crippen molar-refractivity contribution in [3.05, 3.63) is 29.8 Å². The van der Waals surface area contributed by atoms with Gasteiger partial charge in [0.1, 0.15) is 26.4 Å². The molecule has 3 fully saturated rings. The van der Waals surface area contributed by atoms with E-state index < -0.39 is 5.97 Å². The van der Waals surface area contributed by atoms with E-state index in [9.17, 15) is 4.79 Å². The molecule has 0 amide bonds. The van der Waals surface area contributed by atoms with Crippen molar-refractivity contribution in [1.29, 1.82) is 0 Å². The smallest absolute Gasteiger partial charge is 0.333 e. The van der Waals surface area contributed by atoms with E-state index >= 15 is 0 Å². The normalized spacial score (nSPS) is 19.4. The van der Waals surface area contributed by atoms with E-state index in [-0.39, 0.29) is 51.9 Å². The second-order valence-electron chi connectivity index (χ2n) is 14.5. The van der Waals surface area contributed by atoms with E-state index in [1.807, 2.05) is 0 Å². The van der Waals surface area contributed by atoms with E-state index in [4.69, 9.17) is 75.8 Å². The molecular weight excluding hydrogens is 800 g/mol. The van der Waals surface area contributed by atoms with Crippen LogP contribution in [0.2, 0.25) is 0 Å². The van der Waals surface area contributed by atoms with Gasteiger partial charge in [-0.15, -0.1) is 0 Å². The summed E-state index contributed by atoms with van der Waals surface area (Å²) in [5, 5.41) is 0. The van der Waals surface area contributed by atoms with Crippen LogP contribution in [0.5, 0.6) is 17.2 Å². The van der Waals surface area contributed by atoms with Gasteiger partial charge < -0.3 is 75.8 Å². The molecule has 1 aromatic carbocycles. The van der Waals surface area contributed by atoms with Crippen molar-refractivity contribution in [2.45, 2.75) is 90.2 Å². The maximum atomic E-state index is 12.3. The summed E-state index contributed by atoms with van der Waals surface area (Å²) in [5.74, 6) is 0.640. The Bertz CT molecular complexity index is 1210. The topological polar surface area (TPSA) is 165 Å². The summed E-state index contributed by atoms with van der Waals surface area (Å²) >= 11 is 0. The predicted octanol–water partition coefficient (Wildman–Crippen LogP) is 5.17.